The molecule has 0 amide bonds. The molecule has 1 saturated heterocycles. The Morgan fingerprint density at radius 2 is 2.04 bits per heavy atom. The van der Waals surface area contributed by atoms with Gasteiger partial charge in [-0.15, -0.1) is 0 Å². The van der Waals surface area contributed by atoms with Crippen LogP contribution in [0, 0.1) is 6.92 Å². The van der Waals surface area contributed by atoms with Gasteiger partial charge in [0.25, 0.3) is 0 Å². The summed E-state index contributed by atoms with van der Waals surface area (Å²) in [5.74, 6) is 0.866. The van der Waals surface area contributed by atoms with E-state index in [1.165, 1.54) is 0 Å². The van der Waals surface area contributed by atoms with Gasteiger partial charge >= 0.3 is 0 Å². The summed E-state index contributed by atoms with van der Waals surface area (Å²) in [5.41, 5.74) is 3.14. The largest absolute Gasteiger partial charge is 0.396 e. The Bertz CT molecular complexity index is 941. The predicted octanol–water partition coefficient (Wildman–Crippen LogP) is 2.93. The summed E-state index contributed by atoms with van der Waals surface area (Å²) in [5, 5.41) is 13.5. The highest BCUT2D eigenvalue weighted by atomic mass is 32.1. The molecular formula is C21H23N5OS. The SMILES string of the molecule is Cc1ccc(-n2cccc2C2C(c3ccccn3)NC(=S)N2CCCO)nc1. The normalized spacial score (nSPS) is 19.1. The first kappa shape index (κ1) is 18.6. The van der Waals surface area contributed by atoms with Crippen LogP contribution in [-0.4, -0.2) is 42.8 Å². The van der Waals surface area contributed by atoms with E-state index in [1.54, 1.807) is 6.20 Å². The number of aliphatic hydroxyl groups is 1. The Balaban J connectivity index is 1.78. The molecule has 7 heteroatoms. The predicted molar refractivity (Wildman–Crippen MR) is 112 cm³/mol. The molecule has 1 fully saturated rings. The quantitative estimate of drug-likeness (QED) is 0.628. The minimum atomic E-state index is -0.0773. The van der Waals surface area contributed by atoms with Crippen molar-refractivity contribution in [1.82, 2.24) is 24.8 Å². The number of aliphatic hydroxyl groups excluding tert-OH is 1. The first-order valence-electron chi connectivity index (χ1n) is 9.38. The molecule has 0 bridgehead atoms. The molecule has 0 aliphatic carbocycles. The summed E-state index contributed by atoms with van der Waals surface area (Å²) in [4.78, 5) is 11.3. The molecule has 6 nitrogen and oxygen atoms in total. The van der Waals surface area contributed by atoms with E-state index in [0.29, 0.717) is 18.1 Å². The molecule has 0 saturated carbocycles. The zero-order chi connectivity index (χ0) is 19.5. The van der Waals surface area contributed by atoms with Gasteiger partial charge in [-0.05, 0) is 61.5 Å². The lowest BCUT2D eigenvalue weighted by molar-refractivity contribution is 0.244. The highest BCUT2D eigenvalue weighted by Crippen LogP contribution is 2.39. The molecule has 0 aromatic carbocycles. The smallest absolute Gasteiger partial charge is 0.170 e. The molecule has 1 aliphatic heterocycles. The Hall–Kier alpha value is -2.77. The van der Waals surface area contributed by atoms with Crippen LogP contribution in [0.1, 0.15) is 35.5 Å². The van der Waals surface area contributed by atoms with Crippen LogP contribution in [0.15, 0.2) is 61.1 Å². The average molecular weight is 394 g/mol. The Labute approximate surface area is 169 Å². The summed E-state index contributed by atoms with van der Waals surface area (Å²) in [7, 11) is 0. The second-order valence-corrected chi connectivity index (χ2v) is 7.28. The molecule has 2 unspecified atom stereocenters. The number of aromatic nitrogens is 3. The zero-order valence-electron chi connectivity index (χ0n) is 15.7. The summed E-state index contributed by atoms with van der Waals surface area (Å²) >= 11 is 5.64. The molecule has 144 valence electrons. The lowest BCUT2D eigenvalue weighted by Gasteiger charge is -2.28. The topological polar surface area (TPSA) is 66.2 Å². The zero-order valence-corrected chi connectivity index (χ0v) is 16.5. The lowest BCUT2D eigenvalue weighted by atomic mass is 10.0. The first-order valence-corrected chi connectivity index (χ1v) is 9.79. The van der Waals surface area contributed by atoms with E-state index in [2.05, 4.69) is 36.9 Å². The van der Waals surface area contributed by atoms with E-state index in [4.69, 9.17) is 12.2 Å². The van der Waals surface area contributed by atoms with Crippen LogP contribution in [0.25, 0.3) is 5.82 Å². The minimum absolute atomic E-state index is 0.0490. The molecule has 4 rings (SSSR count). The van der Waals surface area contributed by atoms with Gasteiger partial charge in [0, 0.05) is 37.4 Å². The van der Waals surface area contributed by atoms with Gasteiger partial charge in [-0.25, -0.2) is 4.98 Å². The Morgan fingerprint density at radius 1 is 1.14 bits per heavy atom. The molecule has 3 aromatic heterocycles. The van der Waals surface area contributed by atoms with Crippen molar-refractivity contribution in [2.24, 2.45) is 0 Å². The van der Waals surface area contributed by atoms with Crippen LogP contribution in [0.3, 0.4) is 0 Å². The average Bonchev–Trinajstić information content (AvgIpc) is 3.32. The first-order chi connectivity index (χ1) is 13.7. The third-order valence-electron chi connectivity index (χ3n) is 4.98. The van der Waals surface area contributed by atoms with E-state index in [-0.39, 0.29) is 18.7 Å². The van der Waals surface area contributed by atoms with Gasteiger partial charge in [-0.3, -0.25) is 4.98 Å². The summed E-state index contributed by atoms with van der Waals surface area (Å²) in [6.07, 6.45) is 6.34. The van der Waals surface area contributed by atoms with Crippen LogP contribution in [0.2, 0.25) is 0 Å². The van der Waals surface area contributed by atoms with Gasteiger partial charge in [0.1, 0.15) is 5.82 Å². The van der Waals surface area contributed by atoms with Crippen molar-refractivity contribution in [1.29, 1.82) is 0 Å². The monoisotopic (exact) mass is 393 g/mol. The Morgan fingerprint density at radius 3 is 2.75 bits per heavy atom. The lowest BCUT2D eigenvalue weighted by Crippen LogP contribution is -2.31. The number of thiocarbonyl (C=S) groups is 1. The molecule has 28 heavy (non-hydrogen) atoms. The van der Waals surface area contributed by atoms with Crippen LogP contribution in [0.4, 0.5) is 0 Å². The standard InChI is InChI=1S/C21H23N5OS/c1-15-8-9-18(23-14-15)25-11-4-7-17(25)20-19(16-6-2-3-10-22-16)24-21(28)26(20)12-5-13-27/h2-4,6-11,14,19-20,27H,5,12-13H2,1H3,(H,24,28). The van der Waals surface area contributed by atoms with Crippen LogP contribution < -0.4 is 5.32 Å². The van der Waals surface area contributed by atoms with Crippen molar-refractivity contribution >= 4 is 17.3 Å². The van der Waals surface area contributed by atoms with Crippen LogP contribution in [-0.2, 0) is 0 Å². The fourth-order valence-electron chi connectivity index (χ4n) is 3.66. The fraction of sp³-hybridized carbons (Fsp3) is 0.286. The van der Waals surface area contributed by atoms with Gasteiger partial charge in [0.2, 0.25) is 0 Å². The third-order valence-corrected chi connectivity index (χ3v) is 5.33. The van der Waals surface area contributed by atoms with Gasteiger partial charge in [0.15, 0.2) is 5.11 Å². The molecule has 0 radical (unpaired) electrons. The summed E-state index contributed by atoms with van der Waals surface area (Å²) in [6, 6.07) is 14.0. The number of hydrogen-bond donors (Lipinski definition) is 2. The van der Waals surface area contributed by atoms with Crippen molar-refractivity contribution in [2.45, 2.75) is 25.4 Å². The van der Waals surface area contributed by atoms with E-state index in [1.807, 2.05) is 49.6 Å². The number of pyridine rings is 2. The van der Waals surface area contributed by atoms with Crippen molar-refractivity contribution in [3.8, 4) is 5.82 Å². The second-order valence-electron chi connectivity index (χ2n) is 6.89. The van der Waals surface area contributed by atoms with E-state index >= 15 is 0 Å². The van der Waals surface area contributed by atoms with Gasteiger partial charge in [-0.2, -0.15) is 0 Å². The molecule has 4 heterocycles. The summed E-state index contributed by atoms with van der Waals surface area (Å²) < 4.78 is 2.10. The maximum Gasteiger partial charge on any atom is 0.170 e. The molecule has 1 aliphatic rings. The minimum Gasteiger partial charge on any atom is -0.396 e. The van der Waals surface area contributed by atoms with E-state index < -0.39 is 0 Å². The Kier molecular flexibility index (Phi) is 5.36. The highest BCUT2D eigenvalue weighted by molar-refractivity contribution is 7.80. The number of rotatable bonds is 6. The fourth-order valence-corrected chi connectivity index (χ4v) is 3.99. The van der Waals surface area contributed by atoms with E-state index in [9.17, 15) is 5.11 Å². The van der Waals surface area contributed by atoms with Crippen molar-refractivity contribution in [3.05, 3.63) is 78.0 Å². The molecule has 0 spiro atoms. The maximum atomic E-state index is 9.35. The second kappa shape index (κ2) is 8.08. The molecule has 2 N–H and O–H groups in total. The van der Waals surface area contributed by atoms with Gasteiger partial charge in [0.05, 0.1) is 17.8 Å². The number of aryl methyl sites for hydroxylation is 1. The molecule has 2 atom stereocenters. The molecular weight excluding hydrogens is 370 g/mol. The van der Waals surface area contributed by atoms with Crippen LogP contribution >= 0.6 is 12.2 Å². The number of nitrogens with zero attached hydrogens (tertiary/aromatic N) is 4. The number of hydrogen-bond acceptors (Lipinski definition) is 4. The van der Waals surface area contributed by atoms with Crippen molar-refractivity contribution in [3.63, 3.8) is 0 Å². The third kappa shape index (κ3) is 3.50. The van der Waals surface area contributed by atoms with Crippen LogP contribution in [0.5, 0.6) is 0 Å². The summed E-state index contributed by atoms with van der Waals surface area (Å²) in [6.45, 7) is 2.82. The maximum absolute atomic E-state index is 9.35. The van der Waals surface area contributed by atoms with E-state index in [0.717, 1.165) is 22.8 Å². The van der Waals surface area contributed by atoms with Crippen molar-refractivity contribution < 1.29 is 5.11 Å². The molecule has 3 aromatic rings. The van der Waals surface area contributed by atoms with Gasteiger partial charge in [-0.1, -0.05) is 12.1 Å². The van der Waals surface area contributed by atoms with Gasteiger partial charge < -0.3 is 19.9 Å². The number of nitrogens with one attached hydrogen (secondary N) is 1. The van der Waals surface area contributed by atoms with Crippen molar-refractivity contribution in [2.75, 3.05) is 13.2 Å². The highest BCUT2D eigenvalue weighted by Gasteiger charge is 2.40.